The third kappa shape index (κ3) is 4.41. The van der Waals surface area contributed by atoms with Gasteiger partial charge in [-0.2, -0.15) is 13.2 Å². The molecule has 0 heterocycles. The number of carbonyl (C=O) groups excluding carboxylic acids is 1. The molecule has 0 atom stereocenters. The molecule has 0 aliphatic heterocycles. The summed E-state index contributed by atoms with van der Waals surface area (Å²) in [6, 6.07) is 7.06. The van der Waals surface area contributed by atoms with Crippen LogP contribution < -0.4 is 10.0 Å². The normalized spacial score (nSPS) is 12.1. The van der Waals surface area contributed by atoms with Crippen LogP contribution in [0.3, 0.4) is 0 Å². The summed E-state index contributed by atoms with van der Waals surface area (Å²) in [5.74, 6) is -0.988. The van der Waals surface area contributed by atoms with Crippen molar-refractivity contribution < 1.29 is 26.4 Å². The van der Waals surface area contributed by atoms with Crippen molar-refractivity contribution >= 4 is 21.6 Å². The van der Waals surface area contributed by atoms with Gasteiger partial charge in [0.25, 0.3) is 10.0 Å². The minimum Gasteiger partial charge on any atom is -0.368 e. The summed E-state index contributed by atoms with van der Waals surface area (Å²) in [5.41, 5.74) is 5.53. The predicted octanol–water partition coefficient (Wildman–Crippen LogP) is 3.31. The highest BCUT2D eigenvalue weighted by atomic mass is 32.2. The molecule has 146 valence electrons. The minimum absolute atomic E-state index is 0.0632. The SMILES string of the molecule is Cc1cc(C)c(S(=O)(=O)N(CC(N)=O)c2cccc(C(F)(F)F)c2)c(C)c1. The van der Waals surface area contributed by atoms with Crippen molar-refractivity contribution in [3.05, 3.63) is 58.7 Å². The molecule has 0 aromatic heterocycles. The number of hydrogen-bond acceptors (Lipinski definition) is 3. The highest BCUT2D eigenvalue weighted by Crippen LogP contribution is 2.34. The minimum atomic E-state index is -4.66. The number of hydrogen-bond donors (Lipinski definition) is 1. The molecule has 2 aromatic carbocycles. The van der Waals surface area contributed by atoms with Gasteiger partial charge in [-0.15, -0.1) is 0 Å². The van der Waals surface area contributed by atoms with E-state index in [1.54, 1.807) is 32.9 Å². The molecule has 1 amide bonds. The Balaban J connectivity index is 2.69. The number of anilines is 1. The summed E-state index contributed by atoms with van der Waals surface area (Å²) >= 11 is 0. The van der Waals surface area contributed by atoms with Gasteiger partial charge in [-0.25, -0.2) is 8.42 Å². The first-order valence-corrected chi connectivity index (χ1v) is 9.34. The number of aryl methyl sites for hydroxylation is 3. The molecule has 0 fully saturated rings. The Kier molecular flexibility index (Phi) is 5.55. The standard InChI is InChI=1S/C18H19F3N2O3S/c1-11-7-12(2)17(13(3)8-11)27(25,26)23(10-16(22)24)15-6-4-5-14(9-15)18(19,20)21/h4-9H,10H2,1-3H3,(H2,22,24). The number of sulfonamides is 1. The van der Waals surface area contributed by atoms with Gasteiger partial charge in [-0.1, -0.05) is 23.8 Å². The van der Waals surface area contributed by atoms with E-state index in [1.807, 2.05) is 0 Å². The fraction of sp³-hybridized carbons (Fsp3) is 0.278. The summed E-state index contributed by atoms with van der Waals surface area (Å²) in [4.78, 5) is 11.4. The number of primary amides is 1. The second-order valence-electron chi connectivity index (χ2n) is 6.25. The predicted molar refractivity (Wildman–Crippen MR) is 95.8 cm³/mol. The summed E-state index contributed by atoms with van der Waals surface area (Å²) in [5, 5.41) is 0. The number of nitrogens with zero attached hydrogens (tertiary/aromatic N) is 1. The second-order valence-corrected chi connectivity index (χ2v) is 8.05. The van der Waals surface area contributed by atoms with Crippen LogP contribution in [0.15, 0.2) is 41.3 Å². The molecular formula is C18H19F3N2O3S. The quantitative estimate of drug-likeness (QED) is 0.836. The molecule has 0 bridgehead atoms. The first kappa shape index (κ1) is 20.8. The van der Waals surface area contributed by atoms with Crippen LogP contribution in [0.25, 0.3) is 0 Å². The number of rotatable bonds is 5. The van der Waals surface area contributed by atoms with Crippen LogP contribution in [0.1, 0.15) is 22.3 Å². The maximum atomic E-state index is 13.2. The molecule has 0 aliphatic carbocycles. The van der Waals surface area contributed by atoms with E-state index in [-0.39, 0.29) is 10.6 Å². The molecule has 0 spiro atoms. The van der Waals surface area contributed by atoms with E-state index < -0.39 is 34.2 Å². The fourth-order valence-electron chi connectivity index (χ4n) is 2.98. The van der Waals surface area contributed by atoms with E-state index in [0.717, 1.165) is 17.7 Å². The summed E-state index contributed by atoms with van der Waals surface area (Å²) < 4.78 is 66.1. The summed E-state index contributed by atoms with van der Waals surface area (Å²) in [7, 11) is -4.32. The van der Waals surface area contributed by atoms with Crippen molar-refractivity contribution in [2.75, 3.05) is 10.8 Å². The highest BCUT2D eigenvalue weighted by Gasteiger charge is 2.34. The van der Waals surface area contributed by atoms with Gasteiger partial charge in [0.15, 0.2) is 0 Å². The van der Waals surface area contributed by atoms with Crippen molar-refractivity contribution in [1.29, 1.82) is 0 Å². The molecule has 2 rings (SSSR count). The lowest BCUT2D eigenvalue weighted by Crippen LogP contribution is -2.39. The van der Waals surface area contributed by atoms with Crippen LogP contribution in [0.2, 0.25) is 0 Å². The third-order valence-corrected chi connectivity index (χ3v) is 5.99. The zero-order valence-corrected chi connectivity index (χ0v) is 15.8. The Hall–Kier alpha value is -2.55. The average Bonchev–Trinajstić information content (AvgIpc) is 2.50. The number of carbonyl (C=O) groups is 1. The van der Waals surface area contributed by atoms with Crippen molar-refractivity contribution in [2.45, 2.75) is 31.8 Å². The van der Waals surface area contributed by atoms with E-state index in [0.29, 0.717) is 21.5 Å². The number of amides is 1. The third-order valence-electron chi connectivity index (χ3n) is 3.91. The molecule has 2 aromatic rings. The molecule has 5 nitrogen and oxygen atoms in total. The molecule has 2 N–H and O–H groups in total. The van der Waals surface area contributed by atoms with Crippen molar-refractivity contribution in [3.63, 3.8) is 0 Å². The number of alkyl halides is 3. The molecular weight excluding hydrogens is 381 g/mol. The van der Waals surface area contributed by atoms with Crippen LogP contribution in [-0.4, -0.2) is 20.9 Å². The molecule has 0 saturated carbocycles. The smallest absolute Gasteiger partial charge is 0.368 e. The molecule has 0 unspecified atom stereocenters. The van der Waals surface area contributed by atoms with E-state index in [2.05, 4.69) is 0 Å². The lowest BCUT2D eigenvalue weighted by molar-refractivity contribution is -0.137. The Bertz CT molecular complexity index is 963. The number of benzene rings is 2. The molecule has 0 radical (unpaired) electrons. The number of halogens is 3. The van der Waals surface area contributed by atoms with E-state index in [4.69, 9.17) is 5.73 Å². The lowest BCUT2D eigenvalue weighted by Gasteiger charge is -2.26. The maximum Gasteiger partial charge on any atom is 0.416 e. The zero-order valence-electron chi connectivity index (χ0n) is 15.0. The van der Waals surface area contributed by atoms with Gasteiger partial charge in [0, 0.05) is 0 Å². The van der Waals surface area contributed by atoms with Crippen molar-refractivity contribution in [1.82, 2.24) is 0 Å². The Morgan fingerprint density at radius 1 is 1.07 bits per heavy atom. The average molecular weight is 400 g/mol. The number of nitrogens with two attached hydrogens (primary N) is 1. The van der Waals surface area contributed by atoms with Gasteiger partial charge >= 0.3 is 6.18 Å². The first-order chi connectivity index (χ1) is 12.3. The lowest BCUT2D eigenvalue weighted by atomic mass is 10.1. The largest absolute Gasteiger partial charge is 0.416 e. The fourth-order valence-corrected chi connectivity index (χ4v) is 4.82. The van der Waals surface area contributed by atoms with E-state index in [9.17, 15) is 26.4 Å². The van der Waals surface area contributed by atoms with Crippen LogP contribution >= 0.6 is 0 Å². The zero-order chi connectivity index (χ0) is 20.6. The van der Waals surface area contributed by atoms with Gasteiger partial charge in [0.05, 0.1) is 16.1 Å². The molecule has 27 heavy (non-hydrogen) atoms. The molecule has 0 saturated heterocycles. The first-order valence-electron chi connectivity index (χ1n) is 7.90. The van der Waals surface area contributed by atoms with E-state index >= 15 is 0 Å². The monoisotopic (exact) mass is 400 g/mol. The van der Waals surface area contributed by atoms with Crippen LogP contribution in [-0.2, 0) is 21.0 Å². The van der Waals surface area contributed by atoms with Crippen LogP contribution in [0, 0.1) is 20.8 Å². The van der Waals surface area contributed by atoms with Gasteiger partial charge < -0.3 is 5.73 Å². The summed E-state index contributed by atoms with van der Waals surface area (Å²) in [6.07, 6.45) is -4.66. The Morgan fingerprint density at radius 2 is 1.63 bits per heavy atom. The maximum absolute atomic E-state index is 13.2. The van der Waals surface area contributed by atoms with Gasteiger partial charge in [0.2, 0.25) is 5.91 Å². The van der Waals surface area contributed by atoms with Crippen molar-refractivity contribution in [3.8, 4) is 0 Å². The van der Waals surface area contributed by atoms with Gasteiger partial charge in [-0.3, -0.25) is 9.10 Å². The van der Waals surface area contributed by atoms with E-state index in [1.165, 1.54) is 6.07 Å². The highest BCUT2D eigenvalue weighted by molar-refractivity contribution is 7.93. The second kappa shape index (κ2) is 7.22. The van der Waals surface area contributed by atoms with Crippen LogP contribution in [0.4, 0.5) is 18.9 Å². The Morgan fingerprint density at radius 3 is 2.11 bits per heavy atom. The summed E-state index contributed by atoms with van der Waals surface area (Å²) in [6.45, 7) is 4.18. The van der Waals surface area contributed by atoms with Gasteiger partial charge in [0.1, 0.15) is 6.54 Å². The molecule has 9 heteroatoms. The van der Waals surface area contributed by atoms with Gasteiger partial charge in [-0.05, 0) is 50.1 Å². The Labute approximate surface area is 155 Å². The van der Waals surface area contributed by atoms with Crippen LogP contribution in [0.5, 0.6) is 0 Å². The van der Waals surface area contributed by atoms with Crippen molar-refractivity contribution in [2.24, 2.45) is 5.73 Å². The molecule has 0 aliphatic rings. The topological polar surface area (TPSA) is 80.5 Å².